The summed E-state index contributed by atoms with van der Waals surface area (Å²) in [5.74, 6) is -0.313. The predicted octanol–water partition coefficient (Wildman–Crippen LogP) is 16.9. The molecule has 0 heterocycles. The summed E-state index contributed by atoms with van der Waals surface area (Å²) in [6.07, 6.45) is 65.0. The standard InChI is InChI=1S/C56H109NO4/c1-3-5-7-9-11-13-15-17-19-21-23-25-27-28-29-31-33-35-37-39-41-43-45-47-49-53(59)51-56(61)57-54(52-58)55(60)50-48-46-44-42-40-38-36-34-32-30-26-24-22-20-18-16-14-12-10-8-6-4-2/h28-29,48,50,53-55,58-60H,3-27,30-47,49,51-52H2,1-2H3,(H,57,61)/b29-28-,50-48+. The van der Waals surface area contributed by atoms with Crippen molar-refractivity contribution < 1.29 is 20.1 Å². The minimum Gasteiger partial charge on any atom is -0.394 e. The summed E-state index contributed by atoms with van der Waals surface area (Å²) in [5, 5.41) is 33.5. The number of amides is 1. The molecule has 0 aliphatic heterocycles. The fourth-order valence-corrected chi connectivity index (χ4v) is 8.75. The Labute approximate surface area is 382 Å². The van der Waals surface area contributed by atoms with E-state index in [-0.39, 0.29) is 18.9 Å². The Morgan fingerprint density at radius 3 is 1.00 bits per heavy atom. The summed E-state index contributed by atoms with van der Waals surface area (Å²) < 4.78 is 0. The van der Waals surface area contributed by atoms with Gasteiger partial charge in [-0.25, -0.2) is 0 Å². The van der Waals surface area contributed by atoms with Crippen LogP contribution in [0.25, 0.3) is 0 Å². The molecule has 0 aromatic heterocycles. The highest BCUT2D eigenvalue weighted by Gasteiger charge is 2.20. The number of carbonyl (C=O) groups excluding carboxylic acids is 1. The van der Waals surface area contributed by atoms with Crippen molar-refractivity contribution in [3.63, 3.8) is 0 Å². The first-order chi connectivity index (χ1) is 30.0. The van der Waals surface area contributed by atoms with Gasteiger partial charge in [-0.05, 0) is 44.9 Å². The Kier molecular flexibility index (Phi) is 50.5. The highest BCUT2D eigenvalue weighted by molar-refractivity contribution is 5.76. The molecule has 5 heteroatoms. The van der Waals surface area contributed by atoms with Gasteiger partial charge in [-0.1, -0.05) is 276 Å². The molecule has 0 bridgehead atoms. The Hall–Kier alpha value is -1.17. The van der Waals surface area contributed by atoms with E-state index in [0.29, 0.717) is 6.42 Å². The van der Waals surface area contributed by atoms with Crippen LogP contribution in [0.15, 0.2) is 24.3 Å². The van der Waals surface area contributed by atoms with Gasteiger partial charge in [0.05, 0.1) is 31.3 Å². The van der Waals surface area contributed by atoms with Gasteiger partial charge in [-0.15, -0.1) is 0 Å². The van der Waals surface area contributed by atoms with Crippen LogP contribution < -0.4 is 5.32 Å². The molecule has 4 N–H and O–H groups in total. The van der Waals surface area contributed by atoms with Crippen molar-refractivity contribution in [1.82, 2.24) is 5.32 Å². The molecule has 5 nitrogen and oxygen atoms in total. The van der Waals surface area contributed by atoms with E-state index in [1.54, 1.807) is 6.08 Å². The lowest BCUT2D eigenvalue weighted by molar-refractivity contribution is -0.124. The third kappa shape index (κ3) is 48.1. The summed E-state index contributed by atoms with van der Waals surface area (Å²) in [6, 6.07) is -0.744. The fraction of sp³-hybridized carbons (Fsp3) is 0.911. The van der Waals surface area contributed by atoms with Gasteiger partial charge in [0.2, 0.25) is 5.91 Å². The van der Waals surface area contributed by atoms with Gasteiger partial charge in [-0.2, -0.15) is 0 Å². The Bertz CT molecular complexity index is 905. The van der Waals surface area contributed by atoms with E-state index in [1.165, 1.54) is 250 Å². The van der Waals surface area contributed by atoms with Gasteiger partial charge in [0.15, 0.2) is 0 Å². The molecule has 362 valence electrons. The number of nitrogens with one attached hydrogen (secondary N) is 1. The summed E-state index contributed by atoms with van der Waals surface area (Å²) in [7, 11) is 0. The van der Waals surface area contributed by atoms with Crippen LogP contribution in [0.1, 0.15) is 303 Å². The second kappa shape index (κ2) is 51.5. The second-order valence-corrected chi connectivity index (χ2v) is 19.2. The van der Waals surface area contributed by atoms with Crippen LogP contribution >= 0.6 is 0 Å². The zero-order chi connectivity index (χ0) is 44.4. The van der Waals surface area contributed by atoms with Gasteiger partial charge >= 0.3 is 0 Å². The van der Waals surface area contributed by atoms with E-state index in [1.807, 2.05) is 6.08 Å². The number of hydrogen-bond acceptors (Lipinski definition) is 4. The molecule has 0 aliphatic rings. The zero-order valence-electron chi connectivity index (χ0n) is 41.3. The number of aliphatic hydroxyl groups excluding tert-OH is 3. The molecule has 3 unspecified atom stereocenters. The molecule has 3 atom stereocenters. The van der Waals surface area contributed by atoms with Crippen molar-refractivity contribution in [3.05, 3.63) is 24.3 Å². The fourth-order valence-electron chi connectivity index (χ4n) is 8.75. The minimum absolute atomic E-state index is 0.0140. The largest absolute Gasteiger partial charge is 0.394 e. The lowest BCUT2D eigenvalue weighted by Crippen LogP contribution is -2.45. The average molecular weight is 860 g/mol. The Morgan fingerprint density at radius 2 is 0.689 bits per heavy atom. The molecular formula is C56H109NO4. The van der Waals surface area contributed by atoms with Crippen LogP contribution in [0, 0.1) is 0 Å². The average Bonchev–Trinajstić information content (AvgIpc) is 3.25. The van der Waals surface area contributed by atoms with Gasteiger partial charge in [0, 0.05) is 0 Å². The van der Waals surface area contributed by atoms with Crippen molar-refractivity contribution >= 4 is 5.91 Å². The minimum atomic E-state index is -0.929. The molecule has 61 heavy (non-hydrogen) atoms. The van der Waals surface area contributed by atoms with Crippen LogP contribution in [-0.2, 0) is 4.79 Å². The lowest BCUT2D eigenvalue weighted by Gasteiger charge is -2.21. The van der Waals surface area contributed by atoms with E-state index < -0.39 is 18.2 Å². The van der Waals surface area contributed by atoms with E-state index in [9.17, 15) is 20.1 Å². The first-order valence-electron chi connectivity index (χ1n) is 27.6. The molecule has 0 aromatic carbocycles. The molecule has 0 aromatic rings. The van der Waals surface area contributed by atoms with Gasteiger partial charge in [0.1, 0.15) is 0 Å². The smallest absolute Gasteiger partial charge is 0.222 e. The van der Waals surface area contributed by atoms with Crippen molar-refractivity contribution in [2.75, 3.05) is 6.61 Å². The SMILES string of the molecule is CCCCCCCCCCCCCC/C=C\CCCCCCCCCCC(O)CC(=O)NC(CO)C(O)/C=C/CCCCCCCCCCCCCCCCCCCCCC. The Balaban J connectivity index is 3.58. The first-order valence-corrected chi connectivity index (χ1v) is 27.6. The van der Waals surface area contributed by atoms with Crippen LogP contribution in [0.5, 0.6) is 0 Å². The first kappa shape index (κ1) is 59.8. The number of unbranched alkanes of at least 4 members (excludes halogenated alkanes) is 40. The van der Waals surface area contributed by atoms with Crippen LogP contribution in [-0.4, -0.2) is 46.1 Å². The van der Waals surface area contributed by atoms with E-state index in [0.717, 1.165) is 25.7 Å². The van der Waals surface area contributed by atoms with Crippen LogP contribution in [0.2, 0.25) is 0 Å². The molecule has 0 saturated carbocycles. The van der Waals surface area contributed by atoms with Crippen molar-refractivity contribution in [3.8, 4) is 0 Å². The summed E-state index contributed by atoms with van der Waals surface area (Å²) in [6.45, 7) is 4.25. The molecule has 0 rings (SSSR count). The number of carbonyl (C=O) groups is 1. The lowest BCUT2D eigenvalue weighted by atomic mass is 10.0. The summed E-state index contributed by atoms with van der Waals surface area (Å²) in [5.41, 5.74) is 0. The molecule has 0 fully saturated rings. The maximum atomic E-state index is 12.5. The third-order valence-corrected chi connectivity index (χ3v) is 13.0. The van der Waals surface area contributed by atoms with E-state index in [2.05, 4.69) is 31.3 Å². The zero-order valence-corrected chi connectivity index (χ0v) is 41.3. The number of allylic oxidation sites excluding steroid dienone is 3. The molecule has 0 spiro atoms. The summed E-state index contributed by atoms with van der Waals surface area (Å²) >= 11 is 0. The number of hydrogen-bond donors (Lipinski definition) is 4. The molecule has 0 saturated heterocycles. The van der Waals surface area contributed by atoms with Gasteiger partial charge < -0.3 is 20.6 Å². The van der Waals surface area contributed by atoms with Crippen LogP contribution in [0.4, 0.5) is 0 Å². The molecular weight excluding hydrogens is 751 g/mol. The normalized spacial score (nSPS) is 13.5. The number of rotatable bonds is 51. The van der Waals surface area contributed by atoms with E-state index >= 15 is 0 Å². The van der Waals surface area contributed by atoms with Crippen LogP contribution in [0.3, 0.4) is 0 Å². The highest BCUT2D eigenvalue weighted by atomic mass is 16.3. The van der Waals surface area contributed by atoms with Crippen molar-refractivity contribution in [1.29, 1.82) is 0 Å². The quantitative estimate of drug-likeness (QED) is 0.0362. The van der Waals surface area contributed by atoms with Gasteiger partial charge in [-0.3, -0.25) is 4.79 Å². The second-order valence-electron chi connectivity index (χ2n) is 19.2. The number of aliphatic hydroxyl groups is 3. The molecule has 1 amide bonds. The third-order valence-electron chi connectivity index (χ3n) is 13.0. The van der Waals surface area contributed by atoms with Crippen molar-refractivity contribution in [2.24, 2.45) is 0 Å². The van der Waals surface area contributed by atoms with Gasteiger partial charge in [0.25, 0.3) is 0 Å². The predicted molar refractivity (Wildman–Crippen MR) is 268 cm³/mol. The maximum Gasteiger partial charge on any atom is 0.222 e. The molecule has 0 radical (unpaired) electrons. The van der Waals surface area contributed by atoms with Crippen molar-refractivity contribution in [2.45, 2.75) is 321 Å². The van der Waals surface area contributed by atoms with E-state index in [4.69, 9.17) is 0 Å². The topological polar surface area (TPSA) is 89.8 Å². The maximum absolute atomic E-state index is 12.5. The monoisotopic (exact) mass is 860 g/mol. The highest BCUT2D eigenvalue weighted by Crippen LogP contribution is 2.17. The summed E-state index contributed by atoms with van der Waals surface area (Å²) in [4.78, 5) is 12.5. The molecule has 0 aliphatic carbocycles. The Morgan fingerprint density at radius 1 is 0.410 bits per heavy atom.